The standard InChI is InChI=1S/C8H18N2O2/c1-9-8(12)4-6-10-5-2-3-7-11/h10-11H,2-7H2,1H3,(H,9,12). The largest absolute Gasteiger partial charge is 0.396 e. The molecule has 72 valence electrons. The molecule has 0 radical (unpaired) electrons. The van der Waals surface area contributed by atoms with Gasteiger partial charge in [-0.2, -0.15) is 0 Å². The highest BCUT2D eigenvalue weighted by atomic mass is 16.2. The van der Waals surface area contributed by atoms with E-state index in [-0.39, 0.29) is 12.5 Å². The van der Waals surface area contributed by atoms with E-state index >= 15 is 0 Å². The van der Waals surface area contributed by atoms with Gasteiger partial charge in [0.15, 0.2) is 0 Å². The van der Waals surface area contributed by atoms with E-state index in [1.54, 1.807) is 7.05 Å². The first-order chi connectivity index (χ1) is 5.81. The van der Waals surface area contributed by atoms with Crippen LogP contribution in [0.25, 0.3) is 0 Å². The van der Waals surface area contributed by atoms with Crippen molar-refractivity contribution in [2.24, 2.45) is 0 Å². The first-order valence-corrected chi connectivity index (χ1v) is 4.33. The van der Waals surface area contributed by atoms with Crippen molar-refractivity contribution in [2.45, 2.75) is 19.3 Å². The lowest BCUT2D eigenvalue weighted by molar-refractivity contribution is -0.120. The smallest absolute Gasteiger partial charge is 0.221 e. The highest BCUT2D eigenvalue weighted by molar-refractivity contribution is 5.75. The van der Waals surface area contributed by atoms with Gasteiger partial charge in [0.05, 0.1) is 0 Å². The SMILES string of the molecule is CNC(=O)CCNCCCCO. The molecule has 1 amide bonds. The number of aliphatic hydroxyl groups excluding tert-OH is 1. The minimum atomic E-state index is 0.0599. The number of carbonyl (C=O) groups is 1. The highest BCUT2D eigenvalue weighted by Crippen LogP contribution is 1.84. The molecule has 0 aliphatic rings. The van der Waals surface area contributed by atoms with Crippen LogP contribution >= 0.6 is 0 Å². The summed E-state index contributed by atoms with van der Waals surface area (Å²) < 4.78 is 0. The third kappa shape index (κ3) is 7.50. The van der Waals surface area contributed by atoms with E-state index in [1.165, 1.54) is 0 Å². The fraction of sp³-hybridized carbons (Fsp3) is 0.875. The van der Waals surface area contributed by atoms with Gasteiger partial charge < -0.3 is 15.7 Å². The molecule has 0 heterocycles. The van der Waals surface area contributed by atoms with Gasteiger partial charge in [0, 0.05) is 26.6 Å². The van der Waals surface area contributed by atoms with Crippen molar-refractivity contribution in [3.05, 3.63) is 0 Å². The summed E-state index contributed by atoms with van der Waals surface area (Å²) in [6.07, 6.45) is 2.31. The van der Waals surface area contributed by atoms with Crippen LogP contribution in [0.1, 0.15) is 19.3 Å². The van der Waals surface area contributed by atoms with E-state index in [2.05, 4.69) is 10.6 Å². The van der Waals surface area contributed by atoms with Crippen LogP contribution in [0.3, 0.4) is 0 Å². The molecule has 4 nitrogen and oxygen atoms in total. The van der Waals surface area contributed by atoms with E-state index in [0.29, 0.717) is 13.0 Å². The maximum Gasteiger partial charge on any atom is 0.221 e. The van der Waals surface area contributed by atoms with Crippen molar-refractivity contribution in [2.75, 3.05) is 26.7 Å². The Labute approximate surface area is 73.3 Å². The average molecular weight is 174 g/mol. The minimum absolute atomic E-state index is 0.0599. The Balaban J connectivity index is 2.95. The topological polar surface area (TPSA) is 61.4 Å². The molecule has 0 bridgehead atoms. The van der Waals surface area contributed by atoms with Crippen molar-refractivity contribution in [1.82, 2.24) is 10.6 Å². The number of amides is 1. The molecule has 0 spiro atoms. The van der Waals surface area contributed by atoms with E-state index in [0.717, 1.165) is 19.4 Å². The number of unbranched alkanes of at least 4 members (excludes halogenated alkanes) is 1. The molecule has 0 aromatic rings. The second-order valence-corrected chi connectivity index (χ2v) is 2.60. The maximum atomic E-state index is 10.7. The van der Waals surface area contributed by atoms with E-state index in [4.69, 9.17) is 5.11 Å². The quantitative estimate of drug-likeness (QED) is 0.455. The zero-order chi connectivity index (χ0) is 9.23. The van der Waals surface area contributed by atoms with Crippen molar-refractivity contribution in [3.63, 3.8) is 0 Å². The van der Waals surface area contributed by atoms with Crippen LogP contribution in [0.2, 0.25) is 0 Å². The molecule has 0 aliphatic heterocycles. The molecule has 12 heavy (non-hydrogen) atoms. The van der Waals surface area contributed by atoms with Gasteiger partial charge in [0.25, 0.3) is 0 Å². The number of carbonyl (C=O) groups excluding carboxylic acids is 1. The Morgan fingerprint density at radius 1 is 1.33 bits per heavy atom. The summed E-state index contributed by atoms with van der Waals surface area (Å²) in [4.78, 5) is 10.7. The third-order valence-electron chi connectivity index (χ3n) is 1.57. The van der Waals surface area contributed by atoms with Gasteiger partial charge in [-0.3, -0.25) is 4.79 Å². The van der Waals surface area contributed by atoms with Gasteiger partial charge >= 0.3 is 0 Å². The van der Waals surface area contributed by atoms with Crippen LogP contribution in [0.5, 0.6) is 0 Å². The lowest BCUT2D eigenvalue weighted by Crippen LogP contribution is -2.25. The molecule has 0 unspecified atom stereocenters. The first kappa shape index (κ1) is 11.4. The van der Waals surface area contributed by atoms with Crippen molar-refractivity contribution in [1.29, 1.82) is 0 Å². The van der Waals surface area contributed by atoms with Crippen molar-refractivity contribution in [3.8, 4) is 0 Å². The molecule has 0 saturated heterocycles. The van der Waals surface area contributed by atoms with Gasteiger partial charge in [-0.25, -0.2) is 0 Å². The molecule has 0 aromatic heterocycles. The van der Waals surface area contributed by atoms with Crippen LogP contribution in [0, 0.1) is 0 Å². The maximum absolute atomic E-state index is 10.7. The number of rotatable bonds is 7. The minimum Gasteiger partial charge on any atom is -0.396 e. The predicted molar refractivity (Wildman–Crippen MR) is 47.9 cm³/mol. The van der Waals surface area contributed by atoms with Gasteiger partial charge in [-0.05, 0) is 19.4 Å². The summed E-state index contributed by atoms with van der Waals surface area (Å²) in [5.74, 6) is 0.0599. The van der Waals surface area contributed by atoms with E-state index in [1.807, 2.05) is 0 Å². The van der Waals surface area contributed by atoms with Gasteiger partial charge in [-0.15, -0.1) is 0 Å². The van der Waals surface area contributed by atoms with Crippen LogP contribution in [0.15, 0.2) is 0 Å². The fourth-order valence-corrected chi connectivity index (χ4v) is 0.814. The first-order valence-electron chi connectivity index (χ1n) is 4.33. The number of hydrogen-bond donors (Lipinski definition) is 3. The Morgan fingerprint density at radius 3 is 2.67 bits per heavy atom. The van der Waals surface area contributed by atoms with E-state index in [9.17, 15) is 4.79 Å². The second-order valence-electron chi connectivity index (χ2n) is 2.60. The predicted octanol–water partition coefficient (Wildman–Crippen LogP) is -0.515. The number of nitrogens with one attached hydrogen (secondary N) is 2. The fourth-order valence-electron chi connectivity index (χ4n) is 0.814. The normalized spacial score (nSPS) is 9.83. The second kappa shape index (κ2) is 8.49. The van der Waals surface area contributed by atoms with E-state index < -0.39 is 0 Å². The van der Waals surface area contributed by atoms with Crippen molar-refractivity contribution < 1.29 is 9.90 Å². The summed E-state index contributed by atoms with van der Waals surface area (Å²) in [7, 11) is 1.63. The third-order valence-corrected chi connectivity index (χ3v) is 1.57. The van der Waals surface area contributed by atoms with Crippen LogP contribution in [-0.4, -0.2) is 37.8 Å². The summed E-state index contributed by atoms with van der Waals surface area (Å²) in [6.45, 7) is 1.83. The zero-order valence-electron chi connectivity index (χ0n) is 7.60. The monoisotopic (exact) mass is 174 g/mol. The molecule has 0 rings (SSSR count). The molecule has 3 N–H and O–H groups in total. The molecule has 0 aliphatic carbocycles. The summed E-state index contributed by atoms with van der Waals surface area (Å²) in [5.41, 5.74) is 0. The molecular weight excluding hydrogens is 156 g/mol. The average Bonchev–Trinajstić information content (AvgIpc) is 2.10. The molecular formula is C8H18N2O2. The summed E-state index contributed by atoms with van der Waals surface area (Å²) in [5, 5.41) is 14.1. The number of hydrogen-bond acceptors (Lipinski definition) is 3. The molecule has 0 aromatic carbocycles. The molecule has 0 fully saturated rings. The summed E-state index contributed by atoms with van der Waals surface area (Å²) in [6, 6.07) is 0. The lowest BCUT2D eigenvalue weighted by Gasteiger charge is -2.02. The van der Waals surface area contributed by atoms with Crippen LogP contribution in [0.4, 0.5) is 0 Å². The Bertz CT molecular complexity index is 118. The van der Waals surface area contributed by atoms with Crippen LogP contribution in [-0.2, 0) is 4.79 Å². The molecule has 4 heteroatoms. The van der Waals surface area contributed by atoms with Gasteiger partial charge in [0.2, 0.25) is 5.91 Å². The zero-order valence-corrected chi connectivity index (χ0v) is 7.60. The molecule has 0 saturated carbocycles. The van der Waals surface area contributed by atoms with Gasteiger partial charge in [0.1, 0.15) is 0 Å². The van der Waals surface area contributed by atoms with Crippen molar-refractivity contribution >= 4 is 5.91 Å². The Morgan fingerprint density at radius 2 is 2.08 bits per heavy atom. The lowest BCUT2D eigenvalue weighted by atomic mass is 10.3. The Hall–Kier alpha value is -0.610. The highest BCUT2D eigenvalue weighted by Gasteiger charge is 1.95. The summed E-state index contributed by atoms with van der Waals surface area (Å²) >= 11 is 0. The van der Waals surface area contributed by atoms with Gasteiger partial charge in [-0.1, -0.05) is 0 Å². The van der Waals surface area contributed by atoms with Crippen LogP contribution < -0.4 is 10.6 Å². The number of aliphatic hydroxyl groups is 1. The molecule has 0 atom stereocenters. The Kier molecular flexibility index (Phi) is 8.05.